The maximum Gasteiger partial charge on any atom is 0.325 e. The summed E-state index contributed by atoms with van der Waals surface area (Å²) in [5, 5.41) is 16.2. The Morgan fingerprint density at radius 1 is 1.33 bits per heavy atom. The highest BCUT2D eigenvalue weighted by atomic mass is 16.4. The molecular weight excluding hydrogens is 308 g/mol. The number of carboxylic acid groups (broad SMARTS) is 1. The van der Waals surface area contributed by atoms with Crippen LogP contribution < -0.4 is 0 Å². The summed E-state index contributed by atoms with van der Waals surface area (Å²) in [6.45, 7) is 0.350. The number of aromatic nitrogens is 3. The third-order valence-corrected chi connectivity index (χ3v) is 4.38. The Hall–Kier alpha value is -2.70. The van der Waals surface area contributed by atoms with Crippen molar-refractivity contribution in [1.29, 1.82) is 0 Å². The molecule has 3 rings (SSSR count). The van der Waals surface area contributed by atoms with Gasteiger partial charge >= 0.3 is 5.97 Å². The predicted molar refractivity (Wildman–Crippen MR) is 86.6 cm³/mol. The second-order valence-electron chi connectivity index (χ2n) is 6.26. The van der Waals surface area contributed by atoms with Crippen molar-refractivity contribution in [3.05, 3.63) is 47.3 Å². The van der Waals surface area contributed by atoms with E-state index in [0.29, 0.717) is 12.5 Å². The Balaban J connectivity index is 1.60. The van der Waals surface area contributed by atoms with Gasteiger partial charge in [-0.3, -0.25) is 9.59 Å². The van der Waals surface area contributed by atoms with E-state index in [1.807, 2.05) is 0 Å². The fourth-order valence-electron chi connectivity index (χ4n) is 3.21. The number of nitrogens with zero attached hydrogens (tertiary/aromatic N) is 4. The molecule has 1 aliphatic carbocycles. The second kappa shape index (κ2) is 6.82. The van der Waals surface area contributed by atoms with E-state index in [0.717, 1.165) is 23.9 Å². The Morgan fingerprint density at radius 3 is 2.83 bits per heavy atom. The maximum absolute atomic E-state index is 12.4. The molecule has 0 saturated carbocycles. The number of carboxylic acids is 1. The quantitative estimate of drug-likeness (QED) is 0.892. The lowest BCUT2D eigenvalue weighted by molar-refractivity contribution is -0.137. The van der Waals surface area contributed by atoms with Crippen molar-refractivity contribution in [3.8, 4) is 0 Å². The summed E-state index contributed by atoms with van der Waals surface area (Å²) >= 11 is 0. The highest BCUT2D eigenvalue weighted by molar-refractivity contribution is 5.91. The van der Waals surface area contributed by atoms with Crippen LogP contribution >= 0.6 is 0 Å². The van der Waals surface area contributed by atoms with Gasteiger partial charge < -0.3 is 10.0 Å². The fraction of sp³-hybridized carbons (Fsp3) is 0.412. The van der Waals surface area contributed by atoms with E-state index in [1.165, 1.54) is 17.3 Å². The van der Waals surface area contributed by atoms with Crippen molar-refractivity contribution in [2.24, 2.45) is 5.92 Å². The normalized spacial score (nSPS) is 16.5. The monoisotopic (exact) mass is 328 g/mol. The molecule has 1 heterocycles. The molecule has 2 aromatic rings. The molecule has 1 N–H and O–H groups in total. The minimum Gasteiger partial charge on any atom is -0.480 e. The topological polar surface area (TPSA) is 88.3 Å². The van der Waals surface area contributed by atoms with E-state index in [1.54, 1.807) is 11.9 Å². The zero-order valence-corrected chi connectivity index (χ0v) is 13.6. The van der Waals surface area contributed by atoms with Crippen LogP contribution in [0.2, 0.25) is 0 Å². The highest BCUT2D eigenvalue weighted by Crippen LogP contribution is 2.26. The minimum atomic E-state index is -1.02. The lowest BCUT2D eigenvalue weighted by Gasteiger charge is -2.28. The number of benzene rings is 1. The molecule has 1 unspecified atom stereocenters. The van der Waals surface area contributed by atoms with Gasteiger partial charge in [-0.2, -0.15) is 0 Å². The predicted octanol–water partition coefficient (Wildman–Crippen LogP) is 1.24. The summed E-state index contributed by atoms with van der Waals surface area (Å²) in [7, 11) is 1.75. The first-order valence-electron chi connectivity index (χ1n) is 7.97. The Labute approximate surface area is 139 Å². The number of fused-ring (bicyclic) bond motifs is 1. The van der Waals surface area contributed by atoms with Gasteiger partial charge in [0.2, 0.25) is 0 Å². The average molecular weight is 328 g/mol. The van der Waals surface area contributed by atoms with Gasteiger partial charge in [-0.05, 0) is 36.3 Å². The summed E-state index contributed by atoms with van der Waals surface area (Å²) < 4.78 is 1.15. The van der Waals surface area contributed by atoms with Crippen molar-refractivity contribution in [1.82, 2.24) is 19.9 Å². The van der Waals surface area contributed by atoms with E-state index in [2.05, 4.69) is 34.6 Å². The van der Waals surface area contributed by atoms with Crippen molar-refractivity contribution in [2.45, 2.75) is 25.8 Å². The third kappa shape index (κ3) is 3.61. The first kappa shape index (κ1) is 16.2. The molecule has 1 atom stereocenters. The largest absolute Gasteiger partial charge is 0.480 e. The smallest absolute Gasteiger partial charge is 0.325 e. The van der Waals surface area contributed by atoms with Crippen molar-refractivity contribution < 1.29 is 14.7 Å². The number of aliphatic carboxylic acids is 1. The van der Waals surface area contributed by atoms with Crippen LogP contribution in [-0.4, -0.2) is 50.5 Å². The van der Waals surface area contributed by atoms with Gasteiger partial charge in [0.05, 0.1) is 6.20 Å². The van der Waals surface area contributed by atoms with E-state index in [9.17, 15) is 9.59 Å². The first-order valence-corrected chi connectivity index (χ1v) is 7.97. The van der Waals surface area contributed by atoms with Gasteiger partial charge in [0.1, 0.15) is 6.54 Å². The van der Waals surface area contributed by atoms with Crippen LogP contribution in [0.4, 0.5) is 0 Å². The number of amides is 1. The second-order valence-corrected chi connectivity index (χ2v) is 6.26. The van der Waals surface area contributed by atoms with Crippen LogP contribution in [0.5, 0.6) is 0 Å². The summed E-state index contributed by atoms with van der Waals surface area (Å²) in [5.41, 5.74) is 2.94. The van der Waals surface area contributed by atoms with E-state index < -0.39 is 5.97 Å². The average Bonchev–Trinajstić information content (AvgIpc) is 3.01. The van der Waals surface area contributed by atoms with Gasteiger partial charge in [-0.15, -0.1) is 5.10 Å². The van der Waals surface area contributed by atoms with Gasteiger partial charge in [-0.1, -0.05) is 29.5 Å². The van der Waals surface area contributed by atoms with Crippen LogP contribution in [-0.2, 0) is 24.2 Å². The van der Waals surface area contributed by atoms with Crippen LogP contribution in [0.1, 0.15) is 28.0 Å². The van der Waals surface area contributed by atoms with Crippen LogP contribution in [0, 0.1) is 5.92 Å². The maximum atomic E-state index is 12.4. The summed E-state index contributed by atoms with van der Waals surface area (Å²) in [6.07, 6.45) is 4.45. The molecule has 7 heteroatoms. The van der Waals surface area contributed by atoms with Gasteiger partial charge in [-0.25, -0.2) is 4.68 Å². The molecular formula is C17H20N4O3. The van der Waals surface area contributed by atoms with Crippen molar-refractivity contribution >= 4 is 11.9 Å². The molecule has 1 aromatic heterocycles. The molecule has 1 aromatic carbocycles. The molecule has 24 heavy (non-hydrogen) atoms. The van der Waals surface area contributed by atoms with E-state index >= 15 is 0 Å². The first-order chi connectivity index (χ1) is 11.5. The highest BCUT2D eigenvalue weighted by Gasteiger charge is 2.23. The van der Waals surface area contributed by atoms with E-state index in [-0.39, 0.29) is 18.1 Å². The molecule has 7 nitrogen and oxygen atoms in total. The fourth-order valence-corrected chi connectivity index (χ4v) is 3.21. The molecule has 0 saturated heterocycles. The number of aryl methyl sites for hydroxylation is 1. The van der Waals surface area contributed by atoms with Gasteiger partial charge in [0, 0.05) is 13.6 Å². The van der Waals surface area contributed by atoms with Crippen LogP contribution in [0.3, 0.4) is 0 Å². The van der Waals surface area contributed by atoms with Crippen LogP contribution in [0.25, 0.3) is 0 Å². The number of carbonyl (C=O) groups excluding carboxylic acids is 1. The molecule has 0 aliphatic heterocycles. The zero-order chi connectivity index (χ0) is 17.1. The Kier molecular flexibility index (Phi) is 4.59. The molecule has 1 aliphatic rings. The summed E-state index contributed by atoms with van der Waals surface area (Å²) in [5.74, 6) is -0.832. The Bertz CT molecular complexity index is 756. The SMILES string of the molecule is CN(CC1CCc2ccccc2C1)C(=O)c1cn(CC(=O)O)nn1. The van der Waals surface area contributed by atoms with Gasteiger partial charge in [0.15, 0.2) is 5.69 Å². The molecule has 0 fully saturated rings. The number of hydrogen-bond donors (Lipinski definition) is 1. The molecule has 1 amide bonds. The van der Waals surface area contributed by atoms with Crippen molar-refractivity contribution in [3.63, 3.8) is 0 Å². The molecule has 0 spiro atoms. The minimum absolute atomic E-state index is 0.176. The third-order valence-electron chi connectivity index (χ3n) is 4.38. The molecule has 126 valence electrons. The zero-order valence-electron chi connectivity index (χ0n) is 13.6. The van der Waals surface area contributed by atoms with Gasteiger partial charge in [0.25, 0.3) is 5.91 Å². The molecule has 0 bridgehead atoms. The Morgan fingerprint density at radius 2 is 2.08 bits per heavy atom. The van der Waals surface area contributed by atoms with Crippen molar-refractivity contribution in [2.75, 3.05) is 13.6 Å². The molecule has 0 radical (unpaired) electrons. The lowest BCUT2D eigenvalue weighted by Crippen LogP contribution is -2.34. The standard InChI is InChI=1S/C17H20N4O3/c1-20(17(24)15-10-21(19-18-15)11-16(22)23)9-12-6-7-13-4-2-3-5-14(13)8-12/h2-5,10,12H,6-9,11H2,1H3,(H,22,23). The summed E-state index contributed by atoms with van der Waals surface area (Å²) in [4.78, 5) is 24.7. The lowest BCUT2D eigenvalue weighted by atomic mass is 9.84. The van der Waals surface area contributed by atoms with Crippen LogP contribution in [0.15, 0.2) is 30.5 Å². The number of carbonyl (C=O) groups is 2. The number of hydrogen-bond acceptors (Lipinski definition) is 4. The summed E-state index contributed by atoms with van der Waals surface area (Å²) in [6, 6.07) is 8.44. The van der Waals surface area contributed by atoms with E-state index in [4.69, 9.17) is 5.11 Å². The number of rotatable bonds is 5.